The molecule has 0 aromatic carbocycles. The maximum atomic E-state index is 10.9. The van der Waals surface area contributed by atoms with Gasteiger partial charge < -0.3 is 4.90 Å². The van der Waals surface area contributed by atoms with Gasteiger partial charge in [0.25, 0.3) is 0 Å². The average Bonchev–Trinajstić information content (AvgIpc) is 2.33. The molecule has 0 radical (unpaired) electrons. The van der Waals surface area contributed by atoms with Crippen LogP contribution in [0.4, 0.5) is 0 Å². The molecule has 1 heterocycles. The molecule has 58 valence electrons. The summed E-state index contributed by atoms with van der Waals surface area (Å²) in [4.78, 5) is 12.9. The number of alkyl halides is 1. The van der Waals surface area contributed by atoms with Crippen molar-refractivity contribution in [1.29, 1.82) is 0 Å². The molecular weight excluding hydrogens is 194 g/mol. The molecule has 3 heteroatoms. The highest BCUT2D eigenvalue weighted by molar-refractivity contribution is 9.09. The second-order valence-corrected chi connectivity index (χ2v) is 3.31. The molecule has 1 aliphatic heterocycles. The minimum Gasteiger partial charge on any atom is -0.339 e. The smallest absolute Gasteiger partial charge is 0.219 e. The van der Waals surface area contributed by atoms with Gasteiger partial charge in [-0.3, -0.25) is 4.79 Å². The Balaban J connectivity index is 2.50. The van der Waals surface area contributed by atoms with Gasteiger partial charge in [-0.25, -0.2) is 0 Å². The second kappa shape index (κ2) is 3.37. The van der Waals surface area contributed by atoms with E-state index in [0.29, 0.717) is 6.04 Å². The number of nitrogens with zero attached hydrogens (tertiary/aromatic N) is 1. The van der Waals surface area contributed by atoms with Crippen molar-refractivity contribution in [1.82, 2.24) is 4.90 Å². The number of rotatable bonds is 1. The first kappa shape index (κ1) is 8.05. The van der Waals surface area contributed by atoms with E-state index in [1.807, 2.05) is 4.90 Å². The molecule has 0 aromatic rings. The van der Waals surface area contributed by atoms with Crippen molar-refractivity contribution in [2.45, 2.75) is 25.8 Å². The molecule has 0 aromatic heterocycles. The van der Waals surface area contributed by atoms with Crippen LogP contribution in [-0.4, -0.2) is 28.7 Å². The summed E-state index contributed by atoms with van der Waals surface area (Å²) in [7, 11) is 0. The van der Waals surface area contributed by atoms with Crippen molar-refractivity contribution < 1.29 is 4.79 Å². The topological polar surface area (TPSA) is 20.3 Å². The van der Waals surface area contributed by atoms with Gasteiger partial charge in [0.15, 0.2) is 0 Å². The summed E-state index contributed by atoms with van der Waals surface area (Å²) in [6.07, 6.45) is 2.32. The van der Waals surface area contributed by atoms with Crippen LogP contribution in [-0.2, 0) is 4.79 Å². The van der Waals surface area contributed by atoms with Crippen LogP contribution >= 0.6 is 15.9 Å². The number of hydrogen-bond acceptors (Lipinski definition) is 1. The predicted molar refractivity (Wildman–Crippen MR) is 44.2 cm³/mol. The zero-order valence-corrected chi connectivity index (χ0v) is 7.73. The highest BCUT2D eigenvalue weighted by atomic mass is 79.9. The molecule has 1 atom stereocenters. The van der Waals surface area contributed by atoms with Gasteiger partial charge >= 0.3 is 0 Å². The Bertz CT molecular complexity index is 138. The van der Waals surface area contributed by atoms with E-state index in [0.717, 1.165) is 24.7 Å². The van der Waals surface area contributed by atoms with Gasteiger partial charge in [0.1, 0.15) is 0 Å². The maximum Gasteiger partial charge on any atom is 0.219 e. The van der Waals surface area contributed by atoms with Crippen LogP contribution in [0.3, 0.4) is 0 Å². The third kappa shape index (κ3) is 1.51. The van der Waals surface area contributed by atoms with Crippen LogP contribution in [0.25, 0.3) is 0 Å². The van der Waals surface area contributed by atoms with Gasteiger partial charge in [-0.1, -0.05) is 15.9 Å². The lowest BCUT2D eigenvalue weighted by Crippen LogP contribution is -2.34. The fraction of sp³-hybridized carbons (Fsp3) is 0.857. The number of halogens is 1. The molecule has 1 aliphatic rings. The predicted octanol–water partition coefficient (Wildman–Crippen LogP) is 1.39. The fourth-order valence-corrected chi connectivity index (χ4v) is 2.08. The summed E-state index contributed by atoms with van der Waals surface area (Å²) in [5, 5.41) is 0.923. The van der Waals surface area contributed by atoms with Crippen molar-refractivity contribution in [3.8, 4) is 0 Å². The molecular formula is C7H12BrNO. The Morgan fingerprint density at radius 3 is 2.90 bits per heavy atom. The molecule has 0 unspecified atom stereocenters. The maximum absolute atomic E-state index is 10.9. The van der Waals surface area contributed by atoms with Crippen molar-refractivity contribution in [3.63, 3.8) is 0 Å². The molecule has 1 saturated heterocycles. The lowest BCUT2D eigenvalue weighted by molar-refractivity contribution is -0.129. The van der Waals surface area contributed by atoms with Gasteiger partial charge in [-0.05, 0) is 12.8 Å². The molecule has 0 saturated carbocycles. The van der Waals surface area contributed by atoms with Gasteiger partial charge in [-0.2, -0.15) is 0 Å². The molecule has 1 fully saturated rings. The van der Waals surface area contributed by atoms with Crippen LogP contribution in [0.5, 0.6) is 0 Å². The summed E-state index contributed by atoms with van der Waals surface area (Å²) in [6, 6.07) is 0.456. The lowest BCUT2D eigenvalue weighted by Gasteiger charge is -2.20. The molecule has 1 rings (SSSR count). The van der Waals surface area contributed by atoms with E-state index < -0.39 is 0 Å². The SMILES string of the molecule is CC(=O)N1CCC[C@@H]1CBr. The number of likely N-dealkylation sites (tertiary alicyclic amines) is 1. The highest BCUT2D eigenvalue weighted by Crippen LogP contribution is 2.18. The molecule has 0 aliphatic carbocycles. The number of hydrogen-bond donors (Lipinski definition) is 0. The summed E-state index contributed by atoms with van der Waals surface area (Å²) in [5.74, 6) is 0.210. The highest BCUT2D eigenvalue weighted by Gasteiger charge is 2.24. The standard InChI is InChI=1S/C7H12BrNO/c1-6(10)9-4-2-3-7(9)5-8/h7H,2-5H2,1H3/t7-/m1/s1. The first-order valence-corrected chi connectivity index (χ1v) is 4.71. The van der Waals surface area contributed by atoms with Crippen molar-refractivity contribution in [2.24, 2.45) is 0 Å². The summed E-state index contributed by atoms with van der Waals surface area (Å²) < 4.78 is 0. The zero-order chi connectivity index (χ0) is 7.56. The van der Waals surface area contributed by atoms with Crippen LogP contribution < -0.4 is 0 Å². The molecule has 0 bridgehead atoms. The average molecular weight is 206 g/mol. The Hall–Kier alpha value is -0.0500. The number of carbonyl (C=O) groups is 1. The van der Waals surface area contributed by atoms with Gasteiger partial charge in [0, 0.05) is 24.8 Å². The summed E-state index contributed by atoms with van der Waals surface area (Å²) in [6.45, 7) is 2.59. The monoisotopic (exact) mass is 205 g/mol. The Kier molecular flexibility index (Phi) is 2.72. The zero-order valence-electron chi connectivity index (χ0n) is 6.14. The second-order valence-electron chi connectivity index (χ2n) is 2.66. The van der Waals surface area contributed by atoms with Crippen LogP contribution in [0.1, 0.15) is 19.8 Å². The van der Waals surface area contributed by atoms with Gasteiger partial charge in [0.05, 0.1) is 0 Å². The Morgan fingerprint density at radius 1 is 1.80 bits per heavy atom. The molecule has 2 nitrogen and oxygen atoms in total. The molecule has 0 spiro atoms. The third-order valence-corrected chi connectivity index (χ3v) is 2.71. The third-order valence-electron chi connectivity index (χ3n) is 1.96. The first-order valence-electron chi connectivity index (χ1n) is 3.59. The van der Waals surface area contributed by atoms with Crippen molar-refractivity contribution in [3.05, 3.63) is 0 Å². The number of amides is 1. The van der Waals surface area contributed by atoms with Crippen molar-refractivity contribution in [2.75, 3.05) is 11.9 Å². The Morgan fingerprint density at radius 2 is 2.50 bits per heavy atom. The molecule has 1 amide bonds. The lowest BCUT2D eigenvalue weighted by atomic mass is 10.2. The minimum atomic E-state index is 0.210. The van der Waals surface area contributed by atoms with E-state index >= 15 is 0 Å². The van der Waals surface area contributed by atoms with Crippen LogP contribution in [0.15, 0.2) is 0 Å². The van der Waals surface area contributed by atoms with Crippen molar-refractivity contribution >= 4 is 21.8 Å². The van der Waals surface area contributed by atoms with E-state index in [1.165, 1.54) is 0 Å². The largest absolute Gasteiger partial charge is 0.339 e. The Labute approximate surface area is 69.7 Å². The fourth-order valence-electron chi connectivity index (χ4n) is 1.41. The van der Waals surface area contributed by atoms with E-state index in [-0.39, 0.29) is 5.91 Å². The van der Waals surface area contributed by atoms with E-state index in [1.54, 1.807) is 6.92 Å². The van der Waals surface area contributed by atoms with Gasteiger partial charge in [0.2, 0.25) is 5.91 Å². The van der Waals surface area contributed by atoms with Crippen LogP contribution in [0, 0.1) is 0 Å². The summed E-state index contributed by atoms with van der Waals surface area (Å²) in [5.41, 5.74) is 0. The normalized spacial score (nSPS) is 25.4. The quantitative estimate of drug-likeness (QED) is 0.593. The number of carbonyl (C=O) groups excluding carboxylic acids is 1. The summed E-state index contributed by atoms with van der Waals surface area (Å²) >= 11 is 3.39. The van der Waals surface area contributed by atoms with E-state index in [2.05, 4.69) is 15.9 Å². The molecule has 0 N–H and O–H groups in total. The van der Waals surface area contributed by atoms with E-state index in [4.69, 9.17) is 0 Å². The minimum absolute atomic E-state index is 0.210. The van der Waals surface area contributed by atoms with Crippen LogP contribution in [0.2, 0.25) is 0 Å². The molecule has 10 heavy (non-hydrogen) atoms. The van der Waals surface area contributed by atoms with Gasteiger partial charge in [-0.15, -0.1) is 0 Å². The first-order chi connectivity index (χ1) is 4.75. The van der Waals surface area contributed by atoms with E-state index in [9.17, 15) is 4.79 Å².